The van der Waals surface area contributed by atoms with Crippen molar-refractivity contribution in [2.45, 2.75) is 31.3 Å². The average Bonchev–Trinajstić information content (AvgIpc) is 3.00. The number of aromatic nitrogens is 1. The van der Waals surface area contributed by atoms with Crippen LogP contribution in [0.5, 0.6) is 5.88 Å². The molecule has 0 aliphatic carbocycles. The van der Waals surface area contributed by atoms with Crippen LogP contribution in [0, 0.1) is 0 Å². The second kappa shape index (κ2) is 7.57. The molecule has 0 bridgehead atoms. The normalized spacial score (nSPS) is 18.0. The van der Waals surface area contributed by atoms with Crippen LogP contribution in [-0.2, 0) is 25.5 Å². The van der Waals surface area contributed by atoms with Gasteiger partial charge in [0.2, 0.25) is 17.7 Å². The van der Waals surface area contributed by atoms with Crippen LogP contribution < -0.4 is 15.4 Å². The molecule has 2 amide bonds. The summed E-state index contributed by atoms with van der Waals surface area (Å²) in [4.78, 5) is 39.4. The number of methoxy groups -OCH3 is 2. The smallest absolute Gasteiger partial charge is 0.328 e. The van der Waals surface area contributed by atoms with E-state index in [1.807, 2.05) is 0 Å². The molecule has 0 radical (unpaired) electrons. The fourth-order valence-electron chi connectivity index (χ4n) is 2.40. The van der Waals surface area contributed by atoms with Crippen LogP contribution in [0.15, 0.2) is 18.3 Å². The summed E-state index contributed by atoms with van der Waals surface area (Å²) in [6, 6.07) is 1.96. The van der Waals surface area contributed by atoms with E-state index in [1.165, 1.54) is 14.2 Å². The highest BCUT2D eigenvalue weighted by molar-refractivity contribution is 5.93. The molecular weight excluding hydrogens is 302 g/mol. The number of ether oxygens (including phenoxy) is 2. The molecular formula is C15H19N3O5. The van der Waals surface area contributed by atoms with E-state index in [9.17, 15) is 14.4 Å². The predicted octanol–water partition coefficient (Wildman–Crippen LogP) is -0.431. The van der Waals surface area contributed by atoms with E-state index < -0.39 is 24.0 Å². The molecule has 1 aliphatic heterocycles. The van der Waals surface area contributed by atoms with Crippen LogP contribution in [0.4, 0.5) is 0 Å². The van der Waals surface area contributed by atoms with Gasteiger partial charge in [-0.25, -0.2) is 9.78 Å². The fraction of sp³-hybridized carbons (Fsp3) is 0.467. The Hall–Kier alpha value is -2.64. The molecule has 8 nitrogen and oxygen atoms in total. The van der Waals surface area contributed by atoms with Gasteiger partial charge in [-0.2, -0.15) is 0 Å². The first kappa shape index (κ1) is 16.7. The minimum atomic E-state index is -0.886. The van der Waals surface area contributed by atoms with E-state index in [4.69, 9.17) is 9.47 Å². The number of rotatable bonds is 6. The van der Waals surface area contributed by atoms with Crippen LogP contribution in [0.1, 0.15) is 18.4 Å². The molecule has 124 valence electrons. The Kier molecular flexibility index (Phi) is 5.51. The summed E-state index contributed by atoms with van der Waals surface area (Å²) in [5.41, 5.74) is 0.668. The Bertz CT molecular complexity index is 605. The van der Waals surface area contributed by atoms with Crippen molar-refractivity contribution in [1.82, 2.24) is 15.6 Å². The fourth-order valence-corrected chi connectivity index (χ4v) is 2.40. The number of nitrogens with one attached hydrogen (secondary N) is 2. The Labute approximate surface area is 133 Å². The van der Waals surface area contributed by atoms with Gasteiger partial charge >= 0.3 is 5.97 Å². The van der Waals surface area contributed by atoms with Gasteiger partial charge in [0.15, 0.2) is 0 Å². The lowest BCUT2D eigenvalue weighted by Crippen LogP contribution is -2.50. The van der Waals surface area contributed by atoms with Crippen LogP contribution >= 0.6 is 0 Å². The SMILES string of the molecule is COC(=O)[C@H](Cc1cccnc1OC)NC(=O)[C@@H]1CCC(=O)N1. The summed E-state index contributed by atoms with van der Waals surface area (Å²) < 4.78 is 9.89. The van der Waals surface area contributed by atoms with Crippen LogP contribution in [0.2, 0.25) is 0 Å². The van der Waals surface area contributed by atoms with Gasteiger partial charge in [-0.3, -0.25) is 9.59 Å². The van der Waals surface area contributed by atoms with Gasteiger partial charge in [0, 0.05) is 24.6 Å². The lowest BCUT2D eigenvalue weighted by molar-refractivity contribution is -0.145. The largest absolute Gasteiger partial charge is 0.481 e. The molecule has 0 aromatic carbocycles. The Morgan fingerprint density at radius 3 is 2.87 bits per heavy atom. The van der Waals surface area contributed by atoms with Crippen molar-refractivity contribution in [3.8, 4) is 5.88 Å². The highest BCUT2D eigenvalue weighted by Crippen LogP contribution is 2.16. The lowest BCUT2D eigenvalue weighted by Gasteiger charge is -2.19. The van der Waals surface area contributed by atoms with E-state index >= 15 is 0 Å². The minimum absolute atomic E-state index is 0.173. The highest BCUT2D eigenvalue weighted by Gasteiger charge is 2.31. The van der Waals surface area contributed by atoms with Gasteiger partial charge in [0.05, 0.1) is 14.2 Å². The van der Waals surface area contributed by atoms with E-state index in [1.54, 1.807) is 18.3 Å². The van der Waals surface area contributed by atoms with E-state index in [-0.39, 0.29) is 12.3 Å². The van der Waals surface area contributed by atoms with E-state index in [2.05, 4.69) is 15.6 Å². The number of hydrogen-bond donors (Lipinski definition) is 2. The molecule has 2 heterocycles. The molecule has 23 heavy (non-hydrogen) atoms. The van der Waals surface area contributed by atoms with Crippen molar-refractivity contribution in [3.05, 3.63) is 23.9 Å². The summed E-state index contributed by atoms with van der Waals surface area (Å²) in [5.74, 6) is -0.777. The van der Waals surface area contributed by atoms with Crippen molar-refractivity contribution in [2.24, 2.45) is 0 Å². The first-order valence-electron chi connectivity index (χ1n) is 7.20. The summed E-state index contributed by atoms with van der Waals surface area (Å²) in [6.07, 6.45) is 2.46. The molecule has 2 atom stereocenters. The standard InChI is InChI=1S/C15H19N3O5/c1-22-14-9(4-3-7-16-14)8-11(15(21)23-2)18-13(20)10-5-6-12(19)17-10/h3-4,7,10-11H,5-6,8H2,1-2H3,(H,17,19)(H,18,20)/t10-,11-/m0/s1. The second-order valence-electron chi connectivity index (χ2n) is 5.12. The van der Waals surface area contributed by atoms with Crippen molar-refractivity contribution < 1.29 is 23.9 Å². The molecule has 0 unspecified atom stereocenters. The number of nitrogens with zero attached hydrogens (tertiary/aromatic N) is 1. The molecule has 0 spiro atoms. The number of hydrogen-bond acceptors (Lipinski definition) is 6. The summed E-state index contributed by atoms with van der Waals surface area (Å²) in [7, 11) is 2.73. The number of esters is 1. The van der Waals surface area contributed by atoms with Crippen molar-refractivity contribution in [1.29, 1.82) is 0 Å². The molecule has 8 heteroatoms. The molecule has 2 rings (SSSR count). The highest BCUT2D eigenvalue weighted by atomic mass is 16.5. The number of carbonyl (C=O) groups excluding carboxylic acids is 3. The van der Waals surface area contributed by atoms with Crippen LogP contribution in [0.25, 0.3) is 0 Å². The number of amides is 2. The Morgan fingerprint density at radius 1 is 1.48 bits per heavy atom. The lowest BCUT2D eigenvalue weighted by atomic mass is 10.1. The first-order chi connectivity index (χ1) is 11.0. The maximum absolute atomic E-state index is 12.2. The molecule has 1 fully saturated rings. The van der Waals surface area contributed by atoms with Gasteiger partial charge in [-0.05, 0) is 12.5 Å². The molecule has 1 aromatic rings. The summed E-state index contributed by atoms with van der Waals surface area (Å²) in [6.45, 7) is 0. The zero-order chi connectivity index (χ0) is 16.8. The van der Waals surface area contributed by atoms with Gasteiger partial charge in [-0.15, -0.1) is 0 Å². The van der Waals surface area contributed by atoms with Gasteiger partial charge in [0.1, 0.15) is 12.1 Å². The van der Waals surface area contributed by atoms with Crippen molar-refractivity contribution in [3.63, 3.8) is 0 Å². The minimum Gasteiger partial charge on any atom is -0.481 e. The molecule has 1 aliphatic rings. The maximum Gasteiger partial charge on any atom is 0.328 e. The molecule has 1 aromatic heterocycles. The van der Waals surface area contributed by atoms with Gasteiger partial charge < -0.3 is 20.1 Å². The zero-order valence-corrected chi connectivity index (χ0v) is 13.0. The van der Waals surface area contributed by atoms with Crippen molar-refractivity contribution in [2.75, 3.05) is 14.2 Å². The first-order valence-corrected chi connectivity index (χ1v) is 7.20. The van der Waals surface area contributed by atoms with Crippen molar-refractivity contribution >= 4 is 17.8 Å². The molecule has 2 N–H and O–H groups in total. The molecule has 0 saturated carbocycles. The Morgan fingerprint density at radius 2 is 2.26 bits per heavy atom. The second-order valence-corrected chi connectivity index (χ2v) is 5.12. The third-order valence-electron chi connectivity index (χ3n) is 3.58. The summed E-state index contributed by atoms with van der Waals surface area (Å²) in [5, 5.41) is 5.18. The third kappa shape index (κ3) is 4.18. The van der Waals surface area contributed by atoms with Gasteiger partial charge in [0.25, 0.3) is 0 Å². The van der Waals surface area contributed by atoms with Gasteiger partial charge in [-0.1, -0.05) is 6.07 Å². The zero-order valence-electron chi connectivity index (χ0n) is 13.0. The third-order valence-corrected chi connectivity index (χ3v) is 3.58. The molecule has 1 saturated heterocycles. The van der Waals surface area contributed by atoms with Crippen LogP contribution in [0.3, 0.4) is 0 Å². The average molecular weight is 321 g/mol. The topological polar surface area (TPSA) is 107 Å². The monoisotopic (exact) mass is 321 g/mol. The number of carbonyl (C=O) groups is 3. The predicted molar refractivity (Wildman–Crippen MR) is 79.6 cm³/mol. The summed E-state index contributed by atoms with van der Waals surface area (Å²) >= 11 is 0. The number of pyridine rings is 1. The maximum atomic E-state index is 12.2. The van der Waals surface area contributed by atoms with E-state index in [0.717, 1.165) is 0 Å². The van der Waals surface area contributed by atoms with Crippen LogP contribution in [-0.4, -0.2) is 49.1 Å². The van der Waals surface area contributed by atoms with E-state index in [0.29, 0.717) is 24.3 Å². The quantitative estimate of drug-likeness (QED) is 0.689. The Balaban J connectivity index is 2.09.